The lowest BCUT2D eigenvalue weighted by Gasteiger charge is -2.38. The van der Waals surface area contributed by atoms with Gasteiger partial charge in [0.05, 0.1) is 34.2 Å². The Morgan fingerprint density at radius 2 is 1.97 bits per heavy atom. The Morgan fingerprint density at radius 1 is 1.26 bits per heavy atom. The lowest BCUT2D eigenvalue weighted by atomic mass is 9.88. The zero-order valence-electron chi connectivity index (χ0n) is 19.0. The van der Waals surface area contributed by atoms with Crippen LogP contribution in [0.15, 0.2) is 36.5 Å². The van der Waals surface area contributed by atoms with Gasteiger partial charge in [-0.15, -0.1) is 0 Å². The number of nitrogens with one attached hydrogen (secondary N) is 1. The number of pyridine rings is 1. The number of ether oxygens (including phenoxy) is 1. The molecular formula is C23H23F3N4O4S. The van der Waals surface area contributed by atoms with Crippen LogP contribution < -0.4 is 10.1 Å². The minimum atomic E-state index is -3.16. The normalized spacial score (nSPS) is 21.1. The first-order valence-corrected chi connectivity index (χ1v) is 12.9. The van der Waals surface area contributed by atoms with Crippen LogP contribution in [0.1, 0.15) is 43.1 Å². The van der Waals surface area contributed by atoms with Crippen LogP contribution in [-0.4, -0.2) is 58.4 Å². The van der Waals surface area contributed by atoms with E-state index >= 15 is 0 Å². The summed E-state index contributed by atoms with van der Waals surface area (Å²) in [6.07, 6.45) is -0.970. The van der Waals surface area contributed by atoms with Crippen LogP contribution in [0.2, 0.25) is 0 Å². The summed E-state index contributed by atoms with van der Waals surface area (Å²) in [6.45, 7) is 2.89. The number of aromatic nitrogens is 3. The molecule has 1 aromatic carbocycles. The molecule has 1 saturated heterocycles. The van der Waals surface area contributed by atoms with Gasteiger partial charge in [0.1, 0.15) is 17.0 Å². The highest BCUT2D eigenvalue weighted by Gasteiger charge is 2.48. The molecule has 1 atom stereocenters. The van der Waals surface area contributed by atoms with Gasteiger partial charge in [-0.25, -0.2) is 21.6 Å². The van der Waals surface area contributed by atoms with Crippen LogP contribution in [0.4, 0.5) is 13.2 Å². The Kier molecular flexibility index (Phi) is 5.35. The van der Waals surface area contributed by atoms with Gasteiger partial charge in [0.25, 0.3) is 11.8 Å². The van der Waals surface area contributed by atoms with Crippen molar-refractivity contribution >= 4 is 26.8 Å². The SMILES string of the molecule is CC(F)Oc1cccc(-c2nn(C3CC(F)(F)C3)c3cc(C(=O)NC4(C)CS(=O)(=O)C4)cnc23)c1. The second-order valence-corrected chi connectivity index (χ2v) is 11.6. The van der Waals surface area contributed by atoms with Gasteiger partial charge in [-0.2, -0.15) is 5.10 Å². The first-order valence-electron chi connectivity index (χ1n) is 11.0. The summed E-state index contributed by atoms with van der Waals surface area (Å²) in [5, 5.41) is 7.27. The molecule has 2 fully saturated rings. The molecule has 0 bridgehead atoms. The molecule has 0 radical (unpaired) electrons. The van der Waals surface area contributed by atoms with Gasteiger partial charge in [-0.1, -0.05) is 12.1 Å². The van der Waals surface area contributed by atoms with Crippen molar-refractivity contribution in [2.24, 2.45) is 0 Å². The van der Waals surface area contributed by atoms with E-state index in [0.717, 1.165) is 0 Å². The number of fused-ring (bicyclic) bond motifs is 1. The molecule has 1 aliphatic heterocycles. The lowest BCUT2D eigenvalue weighted by Crippen LogP contribution is -2.63. The predicted octanol–water partition coefficient (Wildman–Crippen LogP) is 3.68. The number of hydrogen-bond acceptors (Lipinski definition) is 6. The molecule has 12 heteroatoms. The Balaban J connectivity index is 1.53. The molecular weight excluding hydrogens is 485 g/mol. The van der Waals surface area contributed by atoms with Gasteiger partial charge < -0.3 is 10.1 Å². The standard InChI is InChI=1S/C23H23F3N4O4S/c1-13(24)34-17-5-3-4-14(6-17)19-20-18(30(29-19)16-8-23(25,26)9-16)7-15(10-27-20)21(31)28-22(2)11-35(32,33)12-22/h3-7,10,13,16H,8-9,11-12H2,1-2H3,(H,28,31). The number of rotatable bonds is 6. The largest absolute Gasteiger partial charge is 0.461 e. The van der Waals surface area contributed by atoms with Crippen molar-refractivity contribution < 1.29 is 31.1 Å². The third-order valence-electron chi connectivity index (χ3n) is 6.12. The predicted molar refractivity (Wildman–Crippen MR) is 122 cm³/mol. The maximum Gasteiger partial charge on any atom is 0.253 e. The Morgan fingerprint density at radius 3 is 2.60 bits per heavy atom. The molecule has 2 aliphatic rings. The molecule has 1 saturated carbocycles. The summed E-state index contributed by atoms with van der Waals surface area (Å²) in [5.41, 5.74) is 1.00. The summed E-state index contributed by atoms with van der Waals surface area (Å²) < 4.78 is 70.3. The highest BCUT2D eigenvalue weighted by Crippen LogP contribution is 2.47. The van der Waals surface area contributed by atoms with E-state index in [1.807, 2.05) is 0 Å². The van der Waals surface area contributed by atoms with Gasteiger partial charge in [-0.3, -0.25) is 14.5 Å². The van der Waals surface area contributed by atoms with E-state index in [4.69, 9.17) is 4.74 Å². The molecule has 1 N–H and O–H groups in total. The van der Waals surface area contributed by atoms with Crippen LogP contribution in [0, 0.1) is 0 Å². The number of hydrogen-bond donors (Lipinski definition) is 1. The smallest absolute Gasteiger partial charge is 0.253 e. The molecule has 8 nitrogen and oxygen atoms in total. The molecule has 186 valence electrons. The fourth-order valence-electron chi connectivity index (χ4n) is 4.67. The number of nitrogens with zero attached hydrogens (tertiary/aromatic N) is 3. The van der Waals surface area contributed by atoms with Crippen molar-refractivity contribution in [1.82, 2.24) is 20.1 Å². The van der Waals surface area contributed by atoms with Gasteiger partial charge in [0, 0.05) is 31.5 Å². The zero-order valence-corrected chi connectivity index (χ0v) is 19.8. The van der Waals surface area contributed by atoms with Crippen LogP contribution in [0.5, 0.6) is 5.75 Å². The second-order valence-electron chi connectivity index (χ2n) is 9.54. The fraction of sp³-hybridized carbons (Fsp3) is 0.435. The third-order valence-corrected chi connectivity index (χ3v) is 8.28. The fourth-order valence-corrected chi connectivity index (χ4v) is 6.67. The summed E-state index contributed by atoms with van der Waals surface area (Å²) >= 11 is 0. The van der Waals surface area contributed by atoms with Crippen LogP contribution >= 0.6 is 0 Å². The van der Waals surface area contributed by atoms with Crippen molar-refractivity contribution in [3.8, 4) is 17.0 Å². The number of amides is 1. The molecule has 2 aromatic heterocycles. The van der Waals surface area contributed by atoms with Crippen molar-refractivity contribution in [1.29, 1.82) is 0 Å². The molecule has 5 rings (SSSR count). The van der Waals surface area contributed by atoms with Crippen molar-refractivity contribution in [3.63, 3.8) is 0 Å². The Bertz CT molecular complexity index is 1420. The van der Waals surface area contributed by atoms with Gasteiger partial charge in [0.2, 0.25) is 6.36 Å². The maximum absolute atomic E-state index is 13.7. The minimum Gasteiger partial charge on any atom is -0.461 e. The summed E-state index contributed by atoms with van der Waals surface area (Å²) in [4.78, 5) is 17.3. The number of halogens is 3. The topological polar surface area (TPSA) is 103 Å². The number of carbonyl (C=O) groups excluding carboxylic acids is 1. The van der Waals surface area contributed by atoms with Gasteiger partial charge in [0.15, 0.2) is 9.84 Å². The molecule has 0 spiro atoms. The average molecular weight is 509 g/mol. The van der Waals surface area contributed by atoms with E-state index in [-0.39, 0.29) is 22.8 Å². The first kappa shape index (κ1) is 23.6. The van der Waals surface area contributed by atoms with Crippen molar-refractivity contribution in [3.05, 3.63) is 42.1 Å². The summed E-state index contributed by atoms with van der Waals surface area (Å²) in [7, 11) is -3.16. The van der Waals surface area contributed by atoms with E-state index in [1.165, 1.54) is 23.9 Å². The minimum absolute atomic E-state index is 0.156. The van der Waals surface area contributed by atoms with Crippen LogP contribution in [0.25, 0.3) is 22.3 Å². The van der Waals surface area contributed by atoms with E-state index in [1.54, 1.807) is 31.2 Å². The lowest BCUT2D eigenvalue weighted by molar-refractivity contribution is -0.105. The van der Waals surface area contributed by atoms with Crippen molar-refractivity contribution in [2.75, 3.05) is 11.5 Å². The molecule has 1 aliphatic carbocycles. The number of sulfone groups is 1. The van der Waals surface area contributed by atoms with E-state index in [2.05, 4.69) is 15.4 Å². The molecule has 1 amide bonds. The van der Waals surface area contributed by atoms with E-state index in [0.29, 0.717) is 22.3 Å². The molecule has 3 heterocycles. The quantitative estimate of drug-likeness (QED) is 0.545. The first-order chi connectivity index (χ1) is 16.3. The zero-order chi connectivity index (χ0) is 25.2. The van der Waals surface area contributed by atoms with Gasteiger partial charge >= 0.3 is 0 Å². The highest BCUT2D eigenvalue weighted by atomic mass is 32.2. The Labute approximate surface area is 199 Å². The van der Waals surface area contributed by atoms with Crippen molar-refractivity contribution in [2.45, 2.75) is 50.6 Å². The number of alkyl halides is 3. The third kappa shape index (κ3) is 4.58. The second kappa shape index (κ2) is 7.94. The summed E-state index contributed by atoms with van der Waals surface area (Å²) in [6, 6.07) is 7.48. The number of benzene rings is 1. The molecule has 35 heavy (non-hydrogen) atoms. The molecule has 1 unspecified atom stereocenters. The maximum atomic E-state index is 13.7. The van der Waals surface area contributed by atoms with Crippen LogP contribution in [-0.2, 0) is 9.84 Å². The molecule has 3 aromatic rings. The monoisotopic (exact) mass is 508 g/mol. The summed E-state index contributed by atoms with van der Waals surface area (Å²) in [5.74, 6) is -3.35. The van der Waals surface area contributed by atoms with E-state index < -0.39 is 52.4 Å². The van der Waals surface area contributed by atoms with Gasteiger partial charge in [-0.05, 0) is 25.1 Å². The van der Waals surface area contributed by atoms with Crippen LogP contribution in [0.3, 0.4) is 0 Å². The highest BCUT2D eigenvalue weighted by molar-refractivity contribution is 7.93. The number of carbonyl (C=O) groups is 1. The average Bonchev–Trinajstić information content (AvgIpc) is 3.08. The van der Waals surface area contributed by atoms with E-state index in [9.17, 15) is 26.4 Å². The Hall–Kier alpha value is -3.15.